The van der Waals surface area contributed by atoms with Crippen LogP contribution in [0.3, 0.4) is 0 Å². The summed E-state index contributed by atoms with van der Waals surface area (Å²) in [7, 11) is 0. The number of hydrogen-bond donors (Lipinski definition) is 3. The van der Waals surface area contributed by atoms with Crippen molar-refractivity contribution in [1.82, 2.24) is 14.9 Å². The van der Waals surface area contributed by atoms with E-state index in [0.29, 0.717) is 6.54 Å². The van der Waals surface area contributed by atoms with E-state index in [0.717, 1.165) is 29.8 Å². The number of aliphatic hydroxyl groups is 2. The molecule has 0 saturated heterocycles. The molecule has 0 aliphatic heterocycles. The van der Waals surface area contributed by atoms with Crippen molar-refractivity contribution < 1.29 is 10.2 Å². The molecule has 0 radical (unpaired) electrons. The van der Waals surface area contributed by atoms with E-state index in [4.69, 9.17) is 10.2 Å². The summed E-state index contributed by atoms with van der Waals surface area (Å²) in [6, 6.07) is 7.76. The number of para-hydroxylation sites is 2. The summed E-state index contributed by atoms with van der Waals surface area (Å²) < 4.78 is 2.19. The minimum atomic E-state index is -0.296. The second kappa shape index (κ2) is 6.65. The number of nitrogens with zero attached hydrogens (tertiary/aromatic N) is 2. The largest absolute Gasteiger partial charge is 0.395 e. The van der Waals surface area contributed by atoms with Crippen LogP contribution in [0.4, 0.5) is 0 Å². The van der Waals surface area contributed by atoms with Gasteiger partial charge in [0.25, 0.3) is 0 Å². The van der Waals surface area contributed by atoms with E-state index in [-0.39, 0.29) is 19.3 Å². The van der Waals surface area contributed by atoms with Crippen molar-refractivity contribution in [2.24, 2.45) is 0 Å². The fourth-order valence-electron chi connectivity index (χ4n) is 2.16. The number of fused-ring (bicyclic) bond motifs is 1. The van der Waals surface area contributed by atoms with Crippen LogP contribution in [0.1, 0.15) is 19.2 Å². The van der Waals surface area contributed by atoms with Crippen LogP contribution < -0.4 is 5.32 Å². The summed E-state index contributed by atoms with van der Waals surface area (Å²) in [6.45, 7) is 3.44. The van der Waals surface area contributed by atoms with E-state index >= 15 is 0 Å². The Balaban J connectivity index is 2.23. The van der Waals surface area contributed by atoms with E-state index in [2.05, 4.69) is 27.9 Å². The van der Waals surface area contributed by atoms with Crippen molar-refractivity contribution in [2.75, 3.05) is 13.2 Å². The zero-order valence-corrected chi connectivity index (χ0v) is 11.2. The SMILES string of the molecule is CCCn1c(CNC(CO)CO)nc2ccccc21. The van der Waals surface area contributed by atoms with Gasteiger partial charge < -0.3 is 20.1 Å². The number of rotatable bonds is 7. The van der Waals surface area contributed by atoms with Crippen molar-refractivity contribution in [3.63, 3.8) is 0 Å². The molecule has 0 bridgehead atoms. The number of hydrogen-bond acceptors (Lipinski definition) is 4. The van der Waals surface area contributed by atoms with Crippen LogP contribution in [-0.2, 0) is 13.1 Å². The first kappa shape index (κ1) is 14.0. The lowest BCUT2D eigenvalue weighted by molar-refractivity contribution is 0.169. The van der Waals surface area contributed by atoms with Gasteiger partial charge in [-0.15, -0.1) is 0 Å². The summed E-state index contributed by atoms with van der Waals surface area (Å²) in [4.78, 5) is 4.61. The predicted octanol–water partition coefficient (Wildman–Crippen LogP) is 0.889. The fourth-order valence-corrected chi connectivity index (χ4v) is 2.16. The molecule has 2 aromatic rings. The first-order valence-corrected chi connectivity index (χ1v) is 6.69. The molecule has 1 aromatic carbocycles. The van der Waals surface area contributed by atoms with E-state index in [1.807, 2.05) is 18.2 Å². The van der Waals surface area contributed by atoms with E-state index in [1.54, 1.807) is 0 Å². The molecule has 5 nitrogen and oxygen atoms in total. The average molecular weight is 263 g/mol. The summed E-state index contributed by atoms with van der Waals surface area (Å²) in [5.74, 6) is 0.940. The zero-order valence-electron chi connectivity index (χ0n) is 11.2. The Morgan fingerprint density at radius 3 is 2.68 bits per heavy atom. The Labute approximate surface area is 112 Å². The Morgan fingerprint density at radius 2 is 2.00 bits per heavy atom. The Morgan fingerprint density at radius 1 is 1.26 bits per heavy atom. The Kier molecular flexibility index (Phi) is 4.90. The minimum Gasteiger partial charge on any atom is -0.395 e. The molecular weight excluding hydrogens is 242 g/mol. The van der Waals surface area contributed by atoms with Crippen LogP contribution in [-0.4, -0.2) is 39.0 Å². The highest BCUT2D eigenvalue weighted by atomic mass is 16.3. The summed E-state index contributed by atoms with van der Waals surface area (Å²) in [6.07, 6.45) is 1.04. The minimum absolute atomic E-state index is 0.0789. The number of aromatic nitrogens is 2. The molecule has 2 rings (SSSR count). The van der Waals surface area contributed by atoms with Crippen LogP contribution in [0.2, 0.25) is 0 Å². The topological polar surface area (TPSA) is 70.3 Å². The number of nitrogens with one attached hydrogen (secondary N) is 1. The third-order valence-corrected chi connectivity index (χ3v) is 3.17. The lowest BCUT2D eigenvalue weighted by Crippen LogP contribution is -2.35. The lowest BCUT2D eigenvalue weighted by atomic mass is 10.3. The van der Waals surface area contributed by atoms with Crippen LogP contribution in [0.15, 0.2) is 24.3 Å². The van der Waals surface area contributed by atoms with Crippen molar-refractivity contribution in [3.8, 4) is 0 Å². The van der Waals surface area contributed by atoms with Gasteiger partial charge in [0.15, 0.2) is 0 Å². The normalized spacial score (nSPS) is 11.6. The van der Waals surface area contributed by atoms with Gasteiger partial charge in [0.05, 0.1) is 36.8 Å². The summed E-state index contributed by atoms with van der Waals surface area (Å²) in [5, 5.41) is 21.2. The van der Waals surface area contributed by atoms with E-state index < -0.39 is 0 Å². The molecular formula is C14H21N3O2. The van der Waals surface area contributed by atoms with Gasteiger partial charge in [-0.05, 0) is 18.6 Å². The maximum atomic E-state index is 9.07. The van der Waals surface area contributed by atoms with Crippen molar-refractivity contribution >= 4 is 11.0 Å². The van der Waals surface area contributed by atoms with Gasteiger partial charge >= 0.3 is 0 Å². The Hall–Kier alpha value is -1.43. The maximum absolute atomic E-state index is 9.07. The van der Waals surface area contributed by atoms with Crippen LogP contribution >= 0.6 is 0 Å². The summed E-state index contributed by atoms with van der Waals surface area (Å²) in [5.41, 5.74) is 2.11. The molecule has 0 spiro atoms. The van der Waals surface area contributed by atoms with Crippen molar-refractivity contribution in [2.45, 2.75) is 32.5 Å². The highest BCUT2D eigenvalue weighted by molar-refractivity contribution is 5.75. The zero-order chi connectivity index (χ0) is 13.7. The van der Waals surface area contributed by atoms with Crippen LogP contribution in [0.25, 0.3) is 11.0 Å². The smallest absolute Gasteiger partial charge is 0.123 e. The number of aryl methyl sites for hydroxylation is 1. The van der Waals surface area contributed by atoms with Gasteiger partial charge in [-0.1, -0.05) is 19.1 Å². The molecule has 19 heavy (non-hydrogen) atoms. The Bertz CT molecular complexity index is 520. The molecule has 0 atom stereocenters. The highest BCUT2D eigenvalue weighted by Gasteiger charge is 2.11. The molecule has 1 heterocycles. The van der Waals surface area contributed by atoms with Gasteiger partial charge in [-0.3, -0.25) is 0 Å². The molecule has 0 amide bonds. The third-order valence-electron chi connectivity index (χ3n) is 3.17. The second-order valence-corrected chi connectivity index (χ2v) is 4.61. The number of imidazole rings is 1. The van der Waals surface area contributed by atoms with Gasteiger partial charge in [-0.2, -0.15) is 0 Å². The molecule has 104 valence electrons. The van der Waals surface area contributed by atoms with Crippen LogP contribution in [0.5, 0.6) is 0 Å². The number of benzene rings is 1. The van der Waals surface area contributed by atoms with Crippen LogP contribution in [0, 0.1) is 0 Å². The van der Waals surface area contributed by atoms with Gasteiger partial charge in [0.1, 0.15) is 5.82 Å². The maximum Gasteiger partial charge on any atom is 0.123 e. The van der Waals surface area contributed by atoms with Gasteiger partial charge in [0, 0.05) is 6.54 Å². The molecule has 0 aliphatic carbocycles. The van der Waals surface area contributed by atoms with Gasteiger partial charge in [-0.25, -0.2) is 4.98 Å². The standard InChI is InChI=1S/C14H21N3O2/c1-2-7-17-13-6-4-3-5-12(13)16-14(17)8-15-11(9-18)10-19/h3-6,11,15,18-19H,2,7-10H2,1H3. The average Bonchev–Trinajstić information content (AvgIpc) is 2.79. The monoisotopic (exact) mass is 263 g/mol. The predicted molar refractivity (Wildman–Crippen MR) is 74.8 cm³/mol. The first-order chi connectivity index (χ1) is 9.30. The van der Waals surface area contributed by atoms with Gasteiger partial charge in [0.2, 0.25) is 0 Å². The molecule has 0 fully saturated rings. The second-order valence-electron chi connectivity index (χ2n) is 4.61. The molecule has 0 aliphatic rings. The lowest BCUT2D eigenvalue weighted by Gasteiger charge is -2.14. The molecule has 1 aromatic heterocycles. The van der Waals surface area contributed by atoms with Crippen molar-refractivity contribution in [1.29, 1.82) is 0 Å². The third kappa shape index (κ3) is 3.12. The first-order valence-electron chi connectivity index (χ1n) is 6.69. The van der Waals surface area contributed by atoms with Crippen molar-refractivity contribution in [3.05, 3.63) is 30.1 Å². The van der Waals surface area contributed by atoms with E-state index in [9.17, 15) is 0 Å². The van der Waals surface area contributed by atoms with E-state index in [1.165, 1.54) is 0 Å². The molecule has 0 unspecified atom stereocenters. The highest BCUT2D eigenvalue weighted by Crippen LogP contribution is 2.16. The molecule has 0 saturated carbocycles. The summed E-state index contributed by atoms with van der Waals surface area (Å²) >= 11 is 0. The quantitative estimate of drug-likeness (QED) is 0.694. The fraction of sp³-hybridized carbons (Fsp3) is 0.500. The molecule has 3 N–H and O–H groups in total. The number of aliphatic hydroxyl groups excluding tert-OH is 2. The molecule has 5 heteroatoms.